The zero-order chi connectivity index (χ0) is 27.9. The topological polar surface area (TPSA) is 59.7 Å². The average Bonchev–Trinajstić information content (AvgIpc) is 3.53. The van der Waals surface area contributed by atoms with Crippen molar-refractivity contribution in [1.82, 2.24) is 14.8 Å². The van der Waals surface area contributed by atoms with E-state index in [2.05, 4.69) is 23.2 Å². The normalized spacial score (nSPS) is 16.9. The van der Waals surface area contributed by atoms with Gasteiger partial charge in [0.2, 0.25) is 5.91 Å². The number of anilines is 1. The quantitative estimate of drug-likeness (QED) is 0.301. The van der Waals surface area contributed by atoms with Gasteiger partial charge in [-0.1, -0.05) is 78.9 Å². The molecule has 3 heterocycles. The molecule has 0 saturated carbocycles. The van der Waals surface area contributed by atoms with Crippen LogP contribution in [0, 0.1) is 5.82 Å². The summed E-state index contributed by atoms with van der Waals surface area (Å²) in [5.41, 5.74) is 6.01. The molecule has 1 atom stereocenters. The maximum Gasteiger partial charge on any atom is 0.255 e. The predicted octanol–water partition coefficient (Wildman–Crippen LogP) is 5.87. The number of aromatic nitrogens is 1. The zero-order valence-electron chi connectivity index (χ0n) is 22.5. The third kappa shape index (κ3) is 4.34. The number of para-hydroxylation sites is 2. The molecule has 7 rings (SSSR count). The summed E-state index contributed by atoms with van der Waals surface area (Å²) >= 11 is 0. The van der Waals surface area contributed by atoms with Gasteiger partial charge < -0.3 is 19.7 Å². The van der Waals surface area contributed by atoms with Crippen LogP contribution in [0.5, 0.6) is 0 Å². The maximum atomic E-state index is 14.3. The SMILES string of the molecule is O=C(CN1C(=O)c2ccccc2C1c1c(-c2ccccc2)[nH]c2ccccc12)N1CCN(c2ccccc2F)CC1. The minimum Gasteiger partial charge on any atom is -0.366 e. The Morgan fingerprint density at radius 1 is 0.805 bits per heavy atom. The lowest BCUT2D eigenvalue weighted by atomic mass is 9.93. The zero-order valence-corrected chi connectivity index (χ0v) is 22.5. The molecule has 0 spiro atoms. The third-order valence-electron chi connectivity index (χ3n) is 8.27. The number of carbonyl (C=O) groups excluding carboxylic acids is 2. The number of nitrogens with one attached hydrogen (secondary N) is 1. The monoisotopic (exact) mass is 544 g/mol. The first-order valence-corrected chi connectivity index (χ1v) is 13.9. The van der Waals surface area contributed by atoms with E-state index in [0.717, 1.165) is 33.3 Å². The number of hydrogen-bond donors (Lipinski definition) is 1. The highest BCUT2D eigenvalue weighted by Crippen LogP contribution is 2.45. The standard InChI is InChI=1S/C34H29FN4O2/c35-27-15-7-9-17-29(27)37-18-20-38(21-19-37)30(40)22-39-33(24-12-4-5-13-25(24)34(39)41)31-26-14-6-8-16-28(26)36-32(31)23-10-2-1-3-11-23/h1-17,33,36H,18-22H2. The Morgan fingerprint density at radius 3 is 2.29 bits per heavy atom. The summed E-state index contributed by atoms with van der Waals surface area (Å²) in [5.74, 6) is -0.512. The van der Waals surface area contributed by atoms with E-state index in [-0.39, 0.29) is 24.2 Å². The summed E-state index contributed by atoms with van der Waals surface area (Å²) in [7, 11) is 0. The highest BCUT2D eigenvalue weighted by Gasteiger charge is 2.41. The van der Waals surface area contributed by atoms with Gasteiger partial charge in [-0.3, -0.25) is 9.59 Å². The third-order valence-corrected chi connectivity index (χ3v) is 8.27. The van der Waals surface area contributed by atoms with Crippen LogP contribution in [0.4, 0.5) is 10.1 Å². The molecule has 1 unspecified atom stereocenters. The number of fused-ring (bicyclic) bond motifs is 2. The van der Waals surface area contributed by atoms with Crippen LogP contribution in [-0.2, 0) is 4.79 Å². The van der Waals surface area contributed by atoms with Crippen LogP contribution < -0.4 is 4.90 Å². The van der Waals surface area contributed by atoms with Crippen molar-refractivity contribution in [1.29, 1.82) is 0 Å². The number of benzene rings is 4. The fourth-order valence-electron chi connectivity index (χ4n) is 6.28. The molecule has 7 heteroatoms. The number of piperazine rings is 1. The molecule has 1 saturated heterocycles. The highest BCUT2D eigenvalue weighted by atomic mass is 19.1. The van der Waals surface area contributed by atoms with Crippen molar-refractivity contribution in [3.8, 4) is 11.3 Å². The van der Waals surface area contributed by atoms with Crippen molar-refractivity contribution >= 4 is 28.4 Å². The lowest BCUT2D eigenvalue weighted by molar-refractivity contribution is -0.132. The largest absolute Gasteiger partial charge is 0.366 e. The van der Waals surface area contributed by atoms with Crippen molar-refractivity contribution in [3.05, 3.63) is 126 Å². The Balaban J connectivity index is 1.23. The Morgan fingerprint density at radius 2 is 1.49 bits per heavy atom. The van der Waals surface area contributed by atoms with Gasteiger partial charge in [-0.05, 0) is 35.4 Å². The van der Waals surface area contributed by atoms with E-state index in [9.17, 15) is 14.0 Å². The number of carbonyl (C=O) groups is 2. The molecule has 1 N–H and O–H groups in total. The van der Waals surface area contributed by atoms with E-state index in [4.69, 9.17) is 0 Å². The summed E-state index contributed by atoms with van der Waals surface area (Å²) in [6.45, 7) is 1.96. The van der Waals surface area contributed by atoms with Crippen LogP contribution in [-0.4, -0.2) is 59.3 Å². The first-order chi connectivity index (χ1) is 20.1. The van der Waals surface area contributed by atoms with E-state index < -0.39 is 6.04 Å². The van der Waals surface area contributed by atoms with Gasteiger partial charge >= 0.3 is 0 Å². The molecule has 0 bridgehead atoms. The molecule has 4 aromatic carbocycles. The van der Waals surface area contributed by atoms with E-state index in [1.807, 2.05) is 71.6 Å². The molecular weight excluding hydrogens is 515 g/mol. The first-order valence-electron chi connectivity index (χ1n) is 13.9. The van der Waals surface area contributed by atoms with Crippen molar-refractivity contribution in [2.24, 2.45) is 0 Å². The fraction of sp³-hybridized carbons (Fsp3) is 0.176. The Kier molecular flexibility index (Phi) is 6.27. The molecule has 2 amide bonds. The molecule has 41 heavy (non-hydrogen) atoms. The molecular formula is C34H29FN4O2. The van der Waals surface area contributed by atoms with Crippen LogP contribution in [0.25, 0.3) is 22.2 Å². The Bertz CT molecular complexity index is 1760. The van der Waals surface area contributed by atoms with Gasteiger partial charge in [0.1, 0.15) is 12.4 Å². The second-order valence-corrected chi connectivity index (χ2v) is 10.6. The molecule has 2 aliphatic rings. The molecule has 1 fully saturated rings. The molecule has 5 aromatic rings. The Hall–Kier alpha value is -4.91. The molecule has 1 aromatic heterocycles. The van der Waals surface area contributed by atoms with E-state index in [1.165, 1.54) is 6.07 Å². The second kappa shape index (κ2) is 10.2. The predicted molar refractivity (Wildman–Crippen MR) is 158 cm³/mol. The molecule has 0 radical (unpaired) electrons. The van der Waals surface area contributed by atoms with Gasteiger partial charge in [0.05, 0.1) is 17.4 Å². The van der Waals surface area contributed by atoms with Gasteiger partial charge in [0.15, 0.2) is 0 Å². The minimum absolute atomic E-state index is 0.0361. The molecule has 6 nitrogen and oxygen atoms in total. The summed E-state index contributed by atoms with van der Waals surface area (Å²) < 4.78 is 14.3. The number of nitrogens with zero attached hydrogens (tertiary/aromatic N) is 3. The minimum atomic E-state index is -0.422. The van der Waals surface area contributed by atoms with Crippen molar-refractivity contribution in [3.63, 3.8) is 0 Å². The maximum absolute atomic E-state index is 14.3. The average molecular weight is 545 g/mol. The second-order valence-electron chi connectivity index (χ2n) is 10.6. The van der Waals surface area contributed by atoms with Crippen LogP contribution in [0.2, 0.25) is 0 Å². The summed E-state index contributed by atoms with van der Waals surface area (Å²) in [6, 6.07) is 32.2. The van der Waals surface area contributed by atoms with Gasteiger partial charge in [-0.25, -0.2) is 4.39 Å². The van der Waals surface area contributed by atoms with Crippen molar-refractivity contribution < 1.29 is 14.0 Å². The van der Waals surface area contributed by atoms with Gasteiger partial charge in [-0.2, -0.15) is 0 Å². The summed E-state index contributed by atoms with van der Waals surface area (Å²) in [5, 5.41) is 1.02. The Labute approximate surface area is 237 Å². The number of hydrogen-bond acceptors (Lipinski definition) is 3. The number of halogens is 1. The van der Waals surface area contributed by atoms with Gasteiger partial charge in [0.25, 0.3) is 5.91 Å². The van der Waals surface area contributed by atoms with Gasteiger partial charge in [0, 0.05) is 48.2 Å². The lowest BCUT2D eigenvalue weighted by Gasteiger charge is -2.37. The van der Waals surface area contributed by atoms with Crippen LogP contribution >= 0.6 is 0 Å². The van der Waals surface area contributed by atoms with Crippen molar-refractivity contribution in [2.45, 2.75) is 6.04 Å². The van der Waals surface area contributed by atoms with Crippen LogP contribution in [0.15, 0.2) is 103 Å². The van der Waals surface area contributed by atoms with E-state index >= 15 is 0 Å². The molecule has 204 valence electrons. The van der Waals surface area contributed by atoms with Crippen molar-refractivity contribution in [2.75, 3.05) is 37.6 Å². The number of H-pyrrole nitrogens is 1. The summed E-state index contributed by atoms with van der Waals surface area (Å²) in [6.07, 6.45) is 0. The fourth-order valence-corrected chi connectivity index (χ4v) is 6.28. The van der Waals surface area contributed by atoms with E-state index in [0.29, 0.717) is 37.4 Å². The van der Waals surface area contributed by atoms with Crippen LogP contribution in [0.3, 0.4) is 0 Å². The van der Waals surface area contributed by atoms with E-state index in [1.54, 1.807) is 21.9 Å². The van der Waals surface area contributed by atoms with Gasteiger partial charge in [-0.15, -0.1) is 0 Å². The summed E-state index contributed by atoms with van der Waals surface area (Å²) in [4.78, 5) is 36.7. The number of amides is 2. The molecule has 2 aliphatic heterocycles. The highest BCUT2D eigenvalue weighted by molar-refractivity contribution is 6.03. The first kappa shape index (κ1) is 25.1. The number of rotatable bonds is 5. The smallest absolute Gasteiger partial charge is 0.255 e. The van der Waals surface area contributed by atoms with Crippen LogP contribution in [0.1, 0.15) is 27.5 Å². The molecule has 0 aliphatic carbocycles. The number of aromatic amines is 1. The lowest BCUT2D eigenvalue weighted by Crippen LogP contribution is -2.51.